The number of rotatable bonds is 2. The minimum Gasteiger partial charge on any atom is -0.376 e. The maximum absolute atomic E-state index is 6.15. The third-order valence-electron chi connectivity index (χ3n) is 2.77. The van der Waals surface area contributed by atoms with Crippen LogP contribution in [0, 0.1) is 12.8 Å². The summed E-state index contributed by atoms with van der Waals surface area (Å²) in [5.74, 6) is 0.562. The first-order chi connectivity index (χ1) is 6.68. The highest BCUT2D eigenvalue weighted by atomic mass is 32.1. The maximum atomic E-state index is 6.15. The van der Waals surface area contributed by atoms with E-state index in [2.05, 4.69) is 17.4 Å². The smallest absolute Gasteiger partial charge is 0.0802 e. The molecule has 0 amide bonds. The number of nitrogens with two attached hydrogens (primary N) is 1. The average Bonchev–Trinajstić information content (AvgIpc) is 2.73. The molecule has 3 atom stereocenters. The van der Waals surface area contributed by atoms with Crippen LogP contribution in [0.25, 0.3) is 0 Å². The maximum Gasteiger partial charge on any atom is 0.0802 e. The first-order valence-electron chi connectivity index (χ1n) is 4.99. The lowest BCUT2D eigenvalue weighted by Crippen LogP contribution is -2.29. The Morgan fingerprint density at radius 3 is 3.00 bits per heavy atom. The Morgan fingerprint density at radius 2 is 2.50 bits per heavy atom. The van der Waals surface area contributed by atoms with Crippen LogP contribution in [0.15, 0.2) is 6.07 Å². The zero-order valence-corrected chi connectivity index (χ0v) is 9.38. The fraction of sp³-hybridized carbons (Fsp3) is 0.700. The molecular formula is C10H16N2OS. The van der Waals surface area contributed by atoms with Crippen LogP contribution < -0.4 is 5.73 Å². The quantitative estimate of drug-likeness (QED) is 0.814. The molecule has 0 aromatic carbocycles. The van der Waals surface area contributed by atoms with E-state index < -0.39 is 0 Å². The van der Waals surface area contributed by atoms with Crippen molar-refractivity contribution in [2.75, 3.05) is 6.61 Å². The van der Waals surface area contributed by atoms with Gasteiger partial charge in [-0.05, 0) is 36.9 Å². The predicted molar refractivity (Wildman–Crippen MR) is 57.3 cm³/mol. The summed E-state index contributed by atoms with van der Waals surface area (Å²) in [5, 5.41) is 0. The minimum absolute atomic E-state index is 0.00120. The molecule has 2 heterocycles. The first kappa shape index (κ1) is 10.1. The standard InChI is InChI=1S/C10H16N2OS/c1-6-3-4-13-10(6)9(11)8-5-7(2)12-14-8/h5-6,9-10H,3-4,11H2,1-2H3. The van der Waals surface area contributed by atoms with E-state index >= 15 is 0 Å². The van der Waals surface area contributed by atoms with Crippen molar-refractivity contribution in [3.63, 3.8) is 0 Å². The predicted octanol–water partition coefficient (Wildman–Crippen LogP) is 1.88. The zero-order chi connectivity index (χ0) is 10.1. The highest BCUT2D eigenvalue weighted by Crippen LogP contribution is 2.31. The Bertz CT molecular complexity index is 313. The topological polar surface area (TPSA) is 48.1 Å². The van der Waals surface area contributed by atoms with E-state index in [1.54, 1.807) is 0 Å². The molecule has 2 rings (SSSR count). The van der Waals surface area contributed by atoms with Crippen molar-refractivity contribution in [1.82, 2.24) is 4.37 Å². The zero-order valence-electron chi connectivity index (χ0n) is 8.56. The van der Waals surface area contributed by atoms with Gasteiger partial charge in [-0.2, -0.15) is 4.37 Å². The molecule has 3 nitrogen and oxygen atoms in total. The minimum atomic E-state index is -0.00120. The largest absolute Gasteiger partial charge is 0.376 e. The lowest BCUT2D eigenvalue weighted by atomic mass is 9.97. The second kappa shape index (κ2) is 3.96. The van der Waals surface area contributed by atoms with Gasteiger partial charge in [0.25, 0.3) is 0 Å². The SMILES string of the molecule is Cc1cc(C(N)C2OCCC2C)sn1. The third kappa shape index (κ3) is 1.82. The molecule has 1 aromatic heterocycles. The number of aromatic nitrogens is 1. The molecule has 3 unspecified atom stereocenters. The summed E-state index contributed by atoms with van der Waals surface area (Å²) in [6, 6.07) is 2.06. The second-order valence-corrected chi connectivity index (χ2v) is 4.83. The molecule has 14 heavy (non-hydrogen) atoms. The van der Waals surface area contributed by atoms with Crippen LogP contribution >= 0.6 is 11.5 Å². The van der Waals surface area contributed by atoms with Crippen molar-refractivity contribution in [2.45, 2.75) is 32.4 Å². The van der Waals surface area contributed by atoms with Gasteiger partial charge in [0.15, 0.2) is 0 Å². The lowest BCUT2D eigenvalue weighted by molar-refractivity contribution is 0.0734. The van der Waals surface area contributed by atoms with Gasteiger partial charge in [-0.25, -0.2) is 0 Å². The van der Waals surface area contributed by atoms with Gasteiger partial charge < -0.3 is 10.5 Å². The Morgan fingerprint density at radius 1 is 1.71 bits per heavy atom. The number of aryl methyl sites for hydroxylation is 1. The van der Waals surface area contributed by atoms with E-state index in [0.29, 0.717) is 5.92 Å². The van der Waals surface area contributed by atoms with E-state index in [9.17, 15) is 0 Å². The summed E-state index contributed by atoms with van der Waals surface area (Å²) >= 11 is 1.49. The van der Waals surface area contributed by atoms with Gasteiger partial charge in [0.1, 0.15) is 0 Å². The molecule has 0 aliphatic carbocycles. The molecule has 1 aliphatic heterocycles. The van der Waals surface area contributed by atoms with E-state index in [-0.39, 0.29) is 12.1 Å². The van der Waals surface area contributed by atoms with Crippen LogP contribution in [0.3, 0.4) is 0 Å². The summed E-state index contributed by atoms with van der Waals surface area (Å²) in [4.78, 5) is 1.14. The first-order valence-corrected chi connectivity index (χ1v) is 5.76. The van der Waals surface area contributed by atoms with E-state index in [0.717, 1.165) is 23.6 Å². The van der Waals surface area contributed by atoms with Crippen molar-refractivity contribution >= 4 is 11.5 Å². The van der Waals surface area contributed by atoms with Crippen molar-refractivity contribution < 1.29 is 4.74 Å². The molecule has 0 saturated carbocycles. The van der Waals surface area contributed by atoms with Crippen LogP contribution in [0.2, 0.25) is 0 Å². The summed E-state index contributed by atoms with van der Waals surface area (Å²) < 4.78 is 9.88. The molecule has 78 valence electrons. The number of hydrogen-bond acceptors (Lipinski definition) is 4. The van der Waals surface area contributed by atoms with Crippen LogP contribution in [0.5, 0.6) is 0 Å². The van der Waals surface area contributed by atoms with Crippen molar-refractivity contribution in [3.8, 4) is 0 Å². The summed E-state index contributed by atoms with van der Waals surface area (Å²) in [5.41, 5.74) is 7.20. The van der Waals surface area contributed by atoms with Gasteiger partial charge in [-0.3, -0.25) is 0 Å². The highest BCUT2D eigenvalue weighted by Gasteiger charge is 2.31. The van der Waals surface area contributed by atoms with Crippen molar-refractivity contribution in [3.05, 3.63) is 16.6 Å². The van der Waals surface area contributed by atoms with Crippen LogP contribution in [-0.2, 0) is 4.74 Å². The van der Waals surface area contributed by atoms with Gasteiger partial charge in [-0.1, -0.05) is 6.92 Å². The average molecular weight is 212 g/mol. The molecule has 4 heteroatoms. The fourth-order valence-corrected chi connectivity index (χ4v) is 2.66. The molecule has 1 saturated heterocycles. The van der Waals surface area contributed by atoms with Gasteiger partial charge in [0.2, 0.25) is 0 Å². The molecular weight excluding hydrogens is 196 g/mol. The Kier molecular flexibility index (Phi) is 2.85. The van der Waals surface area contributed by atoms with Gasteiger partial charge in [0, 0.05) is 11.5 Å². The summed E-state index contributed by atoms with van der Waals surface area (Å²) in [6.07, 6.45) is 1.30. The lowest BCUT2D eigenvalue weighted by Gasteiger charge is -2.20. The Balaban J connectivity index is 2.11. The molecule has 2 N–H and O–H groups in total. The molecule has 0 radical (unpaired) electrons. The molecule has 0 bridgehead atoms. The van der Waals surface area contributed by atoms with Gasteiger partial charge in [-0.15, -0.1) is 0 Å². The monoisotopic (exact) mass is 212 g/mol. The molecule has 1 aromatic rings. The number of hydrogen-bond donors (Lipinski definition) is 1. The van der Waals surface area contributed by atoms with E-state index in [1.165, 1.54) is 11.5 Å². The fourth-order valence-electron chi connectivity index (χ4n) is 1.88. The van der Waals surface area contributed by atoms with E-state index in [1.807, 2.05) is 6.92 Å². The van der Waals surface area contributed by atoms with Gasteiger partial charge >= 0.3 is 0 Å². The Hall–Kier alpha value is -0.450. The Labute approximate surface area is 88.4 Å². The van der Waals surface area contributed by atoms with Gasteiger partial charge in [0.05, 0.1) is 17.8 Å². The number of nitrogens with zero attached hydrogens (tertiary/aromatic N) is 1. The molecule has 0 spiro atoms. The van der Waals surface area contributed by atoms with E-state index in [4.69, 9.17) is 10.5 Å². The number of ether oxygens (including phenoxy) is 1. The van der Waals surface area contributed by atoms with Crippen molar-refractivity contribution in [2.24, 2.45) is 11.7 Å². The van der Waals surface area contributed by atoms with Crippen molar-refractivity contribution in [1.29, 1.82) is 0 Å². The molecule has 1 aliphatic rings. The molecule has 1 fully saturated rings. The summed E-state index contributed by atoms with van der Waals surface area (Å²) in [7, 11) is 0. The second-order valence-electron chi connectivity index (χ2n) is 4.00. The third-order valence-corrected chi connectivity index (χ3v) is 3.75. The highest BCUT2D eigenvalue weighted by molar-refractivity contribution is 7.05. The normalized spacial score (nSPS) is 29.4. The van der Waals surface area contributed by atoms with Crippen LogP contribution in [0.1, 0.15) is 30.0 Å². The van der Waals surface area contributed by atoms with Crippen LogP contribution in [0.4, 0.5) is 0 Å². The summed E-state index contributed by atoms with van der Waals surface area (Å²) in [6.45, 7) is 5.04. The van der Waals surface area contributed by atoms with Crippen LogP contribution in [-0.4, -0.2) is 17.1 Å².